The lowest BCUT2D eigenvalue weighted by atomic mass is 10.1. The average Bonchev–Trinajstić information content (AvgIpc) is 2.07. The molecule has 2 unspecified atom stereocenters. The van der Waals surface area contributed by atoms with Gasteiger partial charge in [-0.15, -0.1) is 0 Å². The second kappa shape index (κ2) is 4.73. The van der Waals surface area contributed by atoms with Gasteiger partial charge in [-0.1, -0.05) is 20.3 Å². The largest absolute Gasteiger partial charge is 0.311 e. The molecule has 0 saturated carbocycles. The molecule has 0 spiro atoms. The Morgan fingerprint density at radius 3 is 2.18 bits per heavy atom. The highest BCUT2D eigenvalue weighted by Crippen LogP contribution is 2.02. The molecule has 1 rings (SSSR count). The molecule has 1 aliphatic rings. The first kappa shape index (κ1) is 9.01. The molecule has 2 N–H and O–H groups in total. The Morgan fingerprint density at radius 2 is 1.73 bits per heavy atom. The minimum Gasteiger partial charge on any atom is -0.311 e. The van der Waals surface area contributed by atoms with Crippen molar-refractivity contribution in [3.05, 3.63) is 0 Å². The molecule has 1 fully saturated rings. The van der Waals surface area contributed by atoms with Crippen molar-refractivity contribution in [1.29, 1.82) is 0 Å². The summed E-state index contributed by atoms with van der Waals surface area (Å²) in [6, 6.07) is 1.44. The van der Waals surface area contributed by atoms with Crippen molar-refractivity contribution in [2.75, 3.05) is 13.1 Å². The van der Waals surface area contributed by atoms with E-state index in [4.69, 9.17) is 0 Å². The molecular formula is C9H20N2. The molecule has 11 heavy (non-hydrogen) atoms. The molecule has 1 saturated heterocycles. The third-order valence-corrected chi connectivity index (χ3v) is 2.44. The maximum absolute atomic E-state index is 3.56. The predicted molar refractivity (Wildman–Crippen MR) is 48.8 cm³/mol. The molecular weight excluding hydrogens is 136 g/mol. The number of hydrogen-bond acceptors (Lipinski definition) is 2. The van der Waals surface area contributed by atoms with Crippen molar-refractivity contribution in [1.82, 2.24) is 10.6 Å². The maximum Gasteiger partial charge on any atom is 0.0193 e. The number of hydrogen-bond donors (Lipinski definition) is 2. The van der Waals surface area contributed by atoms with Crippen molar-refractivity contribution in [2.24, 2.45) is 0 Å². The predicted octanol–water partition coefficient (Wildman–Crippen LogP) is 1.13. The van der Waals surface area contributed by atoms with Crippen molar-refractivity contribution in [3.8, 4) is 0 Å². The Labute approximate surface area is 69.8 Å². The van der Waals surface area contributed by atoms with Gasteiger partial charge in [0.25, 0.3) is 0 Å². The van der Waals surface area contributed by atoms with Crippen LogP contribution in [0.5, 0.6) is 0 Å². The normalized spacial score (nSPS) is 32.2. The summed E-state index contributed by atoms with van der Waals surface area (Å²) in [5, 5.41) is 7.10. The Kier molecular flexibility index (Phi) is 3.87. The highest BCUT2D eigenvalue weighted by molar-refractivity contribution is 4.81. The molecule has 2 nitrogen and oxygen atoms in total. The van der Waals surface area contributed by atoms with Gasteiger partial charge in [-0.2, -0.15) is 0 Å². The van der Waals surface area contributed by atoms with Crippen LogP contribution in [0.2, 0.25) is 0 Å². The van der Waals surface area contributed by atoms with Gasteiger partial charge >= 0.3 is 0 Å². The molecule has 1 heterocycles. The molecule has 0 radical (unpaired) electrons. The first-order valence-corrected chi connectivity index (χ1v) is 4.83. The molecule has 0 aromatic heterocycles. The molecule has 0 bridgehead atoms. The van der Waals surface area contributed by atoms with Crippen LogP contribution in [-0.4, -0.2) is 25.2 Å². The highest BCUT2D eigenvalue weighted by atomic mass is 15.1. The van der Waals surface area contributed by atoms with E-state index >= 15 is 0 Å². The fourth-order valence-corrected chi connectivity index (χ4v) is 1.60. The van der Waals surface area contributed by atoms with Gasteiger partial charge in [-0.05, 0) is 12.8 Å². The van der Waals surface area contributed by atoms with E-state index in [1.165, 1.54) is 19.3 Å². The van der Waals surface area contributed by atoms with E-state index in [9.17, 15) is 0 Å². The topological polar surface area (TPSA) is 24.1 Å². The Hall–Kier alpha value is -0.0800. The third-order valence-electron chi connectivity index (χ3n) is 2.44. The van der Waals surface area contributed by atoms with Gasteiger partial charge < -0.3 is 10.6 Å². The number of nitrogens with one attached hydrogen (secondary N) is 2. The second-order valence-corrected chi connectivity index (χ2v) is 3.41. The molecule has 1 aliphatic heterocycles. The summed E-state index contributed by atoms with van der Waals surface area (Å²) < 4.78 is 0. The van der Waals surface area contributed by atoms with Crippen LogP contribution >= 0.6 is 0 Å². The molecule has 66 valence electrons. The minimum absolute atomic E-state index is 0.711. The standard InChI is InChI=1S/C9H20N2/c1-3-5-9-7-10-8(4-2)6-11-9/h8-11H,3-7H2,1-2H3. The summed E-state index contributed by atoms with van der Waals surface area (Å²) in [5.74, 6) is 0. The quantitative estimate of drug-likeness (QED) is 0.640. The fourth-order valence-electron chi connectivity index (χ4n) is 1.60. The average molecular weight is 156 g/mol. The Morgan fingerprint density at radius 1 is 1.09 bits per heavy atom. The smallest absolute Gasteiger partial charge is 0.0193 e. The Balaban J connectivity index is 2.14. The van der Waals surface area contributed by atoms with E-state index in [2.05, 4.69) is 24.5 Å². The van der Waals surface area contributed by atoms with E-state index in [0.717, 1.165) is 19.1 Å². The van der Waals surface area contributed by atoms with Gasteiger partial charge in [0, 0.05) is 25.2 Å². The molecule has 2 heteroatoms. The minimum atomic E-state index is 0.711. The van der Waals surface area contributed by atoms with E-state index in [1.807, 2.05) is 0 Å². The summed E-state index contributed by atoms with van der Waals surface area (Å²) >= 11 is 0. The first-order chi connectivity index (χ1) is 5.36. The van der Waals surface area contributed by atoms with E-state index in [-0.39, 0.29) is 0 Å². The Bertz CT molecular complexity index is 95.7. The SMILES string of the molecule is CCCC1CNC(CC)CN1. The van der Waals surface area contributed by atoms with Gasteiger partial charge in [-0.25, -0.2) is 0 Å². The number of piperazine rings is 1. The van der Waals surface area contributed by atoms with Crippen LogP contribution in [0.1, 0.15) is 33.1 Å². The van der Waals surface area contributed by atoms with Crippen LogP contribution < -0.4 is 10.6 Å². The monoisotopic (exact) mass is 156 g/mol. The van der Waals surface area contributed by atoms with E-state index < -0.39 is 0 Å². The van der Waals surface area contributed by atoms with Crippen molar-refractivity contribution in [2.45, 2.75) is 45.2 Å². The fraction of sp³-hybridized carbons (Fsp3) is 1.00. The van der Waals surface area contributed by atoms with Crippen LogP contribution in [0, 0.1) is 0 Å². The first-order valence-electron chi connectivity index (χ1n) is 4.83. The van der Waals surface area contributed by atoms with Crippen LogP contribution in [-0.2, 0) is 0 Å². The lowest BCUT2D eigenvalue weighted by molar-refractivity contribution is 0.327. The van der Waals surface area contributed by atoms with Crippen molar-refractivity contribution >= 4 is 0 Å². The molecule has 0 aromatic rings. The summed E-state index contributed by atoms with van der Waals surface area (Å²) in [7, 11) is 0. The van der Waals surface area contributed by atoms with Crippen LogP contribution in [0.15, 0.2) is 0 Å². The maximum atomic E-state index is 3.56. The lowest BCUT2D eigenvalue weighted by Gasteiger charge is -2.30. The van der Waals surface area contributed by atoms with Crippen molar-refractivity contribution < 1.29 is 0 Å². The second-order valence-electron chi connectivity index (χ2n) is 3.41. The number of rotatable bonds is 3. The van der Waals surface area contributed by atoms with E-state index in [0.29, 0.717) is 6.04 Å². The highest BCUT2D eigenvalue weighted by Gasteiger charge is 2.16. The molecule has 0 aromatic carbocycles. The molecule has 2 atom stereocenters. The molecule has 0 amide bonds. The summed E-state index contributed by atoms with van der Waals surface area (Å²) in [4.78, 5) is 0. The summed E-state index contributed by atoms with van der Waals surface area (Å²) in [5.41, 5.74) is 0. The van der Waals surface area contributed by atoms with E-state index in [1.54, 1.807) is 0 Å². The zero-order valence-electron chi connectivity index (χ0n) is 7.69. The summed E-state index contributed by atoms with van der Waals surface area (Å²) in [6.07, 6.45) is 3.84. The molecule has 0 aliphatic carbocycles. The zero-order chi connectivity index (χ0) is 8.10. The van der Waals surface area contributed by atoms with Gasteiger partial charge in [-0.3, -0.25) is 0 Å². The van der Waals surface area contributed by atoms with Gasteiger partial charge in [0.05, 0.1) is 0 Å². The van der Waals surface area contributed by atoms with Gasteiger partial charge in [0.2, 0.25) is 0 Å². The van der Waals surface area contributed by atoms with Crippen LogP contribution in [0.3, 0.4) is 0 Å². The third kappa shape index (κ3) is 2.80. The van der Waals surface area contributed by atoms with Crippen LogP contribution in [0.25, 0.3) is 0 Å². The van der Waals surface area contributed by atoms with Crippen LogP contribution in [0.4, 0.5) is 0 Å². The summed E-state index contributed by atoms with van der Waals surface area (Å²) in [6.45, 7) is 6.79. The lowest BCUT2D eigenvalue weighted by Crippen LogP contribution is -2.53. The van der Waals surface area contributed by atoms with Gasteiger partial charge in [0.15, 0.2) is 0 Å². The van der Waals surface area contributed by atoms with Gasteiger partial charge in [0.1, 0.15) is 0 Å². The van der Waals surface area contributed by atoms with Crippen molar-refractivity contribution in [3.63, 3.8) is 0 Å². The zero-order valence-corrected chi connectivity index (χ0v) is 7.69.